The maximum absolute atomic E-state index is 9.23. The molecule has 0 aromatic heterocycles. The lowest BCUT2D eigenvalue weighted by Crippen LogP contribution is -2.40. The van der Waals surface area contributed by atoms with Crippen LogP contribution in [0.25, 0.3) is 0 Å². The minimum absolute atomic E-state index is 0.189. The van der Waals surface area contributed by atoms with E-state index < -0.39 is 18.4 Å². The van der Waals surface area contributed by atoms with Crippen LogP contribution in [0.5, 0.6) is 0 Å². The number of hydrogen-bond acceptors (Lipinski definition) is 7. The van der Waals surface area contributed by atoms with E-state index in [2.05, 4.69) is 0 Å². The van der Waals surface area contributed by atoms with Crippen LogP contribution in [0.4, 0.5) is 0 Å². The molecule has 0 aromatic rings. The zero-order chi connectivity index (χ0) is 13.7. The highest BCUT2D eigenvalue weighted by Crippen LogP contribution is 2.33. The minimum Gasteiger partial charge on any atom is -0.391 e. The van der Waals surface area contributed by atoms with E-state index in [1.54, 1.807) is 14.2 Å². The second-order valence-electron chi connectivity index (χ2n) is 4.59. The lowest BCUT2D eigenvalue weighted by molar-refractivity contribution is -0.300. The summed E-state index contributed by atoms with van der Waals surface area (Å²) in [5.41, 5.74) is 0. The Bertz CT molecular complexity index is 275. The van der Waals surface area contributed by atoms with Gasteiger partial charge < -0.3 is 33.5 Å². The van der Waals surface area contributed by atoms with Gasteiger partial charge in [-0.05, 0) is 0 Å². The van der Waals surface area contributed by atoms with E-state index in [0.29, 0.717) is 19.4 Å². The summed E-state index contributed by atoms with van der Waals surface area (Å²) < 4.78 is 32.8. The van der Waals surface area contributed by atoms with Crippen molar-refractivity contribution in [2.75, 3.05) is 34.0 Å². The van der Waals surface area contributed by atoms with Crippen LogP contribution in [0, 0.1) is 0 Å². The molecule has 0 saturated carbocycles. The first kappa shape index (κ1) is 15.1. The number of aliphatic hydroxyl groups excluding tert-OH is 1. The maximum Gasteiger partial charge on any atom is 0.194 e. The minimum atomic E-state index is -0.819. The topological polar surface area (TPSA) is 75.6 Å². The molecule has 7 heteroatoms. The first-order chi connectivity index (χ1) is 9.21. The predicted octanol–water partition coefficient (Wildman–Crippen LogP) is 0.210. The summed E-state index contributed by atoms with van der Waals surface area (Å²) in [5.74, 6) is -0.819. The highest BCUT2D eigenvalue weighted by molar-refractivity contribution is 4.79. The molecule has 0 amide bonds. The Balaban J connectivity index is 1.99. The van der Waals surface area contributed by atoms with Gasteiger partial charge in [0.1, 0.15) is 6.61 Å². The molecule has 2 heterocycles. The Hall–Kier alpha value is -0.280. The lowest BCUT2D eigenvalue weighted by Gasteiger charge is -2.29. The summed E-state index contributed by atoms with van der Waals surface area (Å²) >= 11 is 0. The molecule has 0 bridgehead atoms. The Kier molecular flexibility index (Phi) is 5.52. The van der Waals surface area contributed by atoms with E-state index in [9.17, 15) is 5.11 Å². The third kappa shape index (κ3) is 3.85. The van der Waals surface area contributed by atoms with Crippen molar-refractivity contribution in [1.82, 2.24) is 0 Å². The Morgan fingerprint density at radius 2 is 2.00 bits per heavy atom. The van der Waals surface area contributed by atoms with Crippen molar-refractivity contribution in [2.24, 2.45) is 0 Å². The van der Waals surface area contributed by atoms with Gasteiger partial charge in [-0.3, -0.25) is 0 Å². The smallest absolute Gasteiger partial charge is 0.194 e. The molecule has 2 rings (SSSR count). The molecule has 1 spiro atoms. The summed E-state index contributed by atoms with van der Waals surface area (Å²) in [6.45, 7) is 0.370. The zero-order valence-electron chi connectivity index (χ0n) is 11.4. The number of aliphatic hydroxyl groups is 1. The summed E-state index contributed by atoms with van der Waals surface area (Å²) in [6, 6.07) is 0. The molecule has 1 N–H and O–H groups in total. The van der Waals surface area contributed by atoms with Crippen molar-refractivity contribution in [2.45, 2.75) is 43.9 Å². The third-order valence-corrected chi connectivity index (χ3v) is 3.29. The van der Waals surface area contributed by atoms with Gasteiger partial charge >= 0.3 is 0 Å². The van der Waals surface area contributed by atoms with Gasteiger partial charge in [-0.25, -0.2) is 0 Å². The van der Waals surface area contributed by atoms with Gasteiger partial charge in [0.2, 0.25) is 0 Å². The average molecular weight is 278 g/mol. The molecule has 2 saturated heterocycles. The van der Waals surface area contributed by atoms with Crippen molar-refractivity contribution >= 4 is 0 Å². The molecule has 112 valence electrons. The molecule has 2 aliphatic rings. The molecule has 4 atom stereocenters. The highest BCUT2D eigenvalue weighted by atomic mass is 16.8. The summed E-state index contributed by atoms with van der Waals surface area (Å²) in [7, 11) is 3.14. The standard InChI is InChI=1S/C12H22O7/c1-14-9-4-6-17-12(5-3-10(15-2)19-12)8-16-11(7-13)18-9/h9-11,13H,3-8H2,1-2H3/t9-,10-,11?,12+/m0/s1. The fraction of sp³-hybridized carbons (Fsp3) is 1.00. The van der Waals surface area contributed by atoms with Gasteiger partial charge in [0, 0.05) is 33.5 Å². The second-order valence-corrected chi connectivity index (χ2v) is 4.59. The van der Waals surface area contributed by atoms with Crippen LogP contribution >= 0.6 is 0 Å². The van der Waals surface area contributed by atoms with E-state index >= 15 is 0 Å². The first-order valence-corrected chi connectivity index (χ1v) is 6.46. The van der Waals surface area contributed by atoms with Crippen LogP contribution in [0.15, 0.2) is 0 Å². The van der Waals surface area contributed by atoms with E-state index in [4.69, 9.17) is 28.4 Å². The zero-order valence-corrected chi connectivity index (χ0v) is 11.4. The van der Waals surface area contributed by atoms with Gasteiger partial charge in [-0.15, -0.1) is 0 Å². The average Bonchev–Trinajstić information content (AvgIpc) is 2.88. The predicted molar refractivity (Wildman–Crippen MR) is 63.1 cm³/mol. The largest absolute Gasteiger partial charge is 0.391 e. The Labute approximate surface area is 112 Å². The number of ether oxygens (including phenoxy) is 6. The number of methoxy groups -OCH3 is 2. The summed E-state index contributed by atoms with van der Waals surface area (Å²) in [6.07, 6.45) is 0.482. The first-order valence-electron chi connectivity index (χ1n) is 6.46. The quantitative estimate of drug-likeness (QED) is 0.791. The van der Waals surface area contributed by atoms with Gasteiger partial charge in [0.05, 0.1) is 13.2 Å². The Morgan fingerprint density at radius 3 is 2.63 bits per heavy atom. The molecule has 0 aliphatic carbocycles. The van der Waals surface area contributed by atoms with Crippen molar-refractivity contribution in [3.63, 3.8) is 0 Å². The summed E-state index contributed by atoms with van der Waals surface area (Å²) in [5, 5.41) is 9.23. The molecule has 19 heavy (non-hydrogen) atoms. The fourth-order valence-electron chi connectivity index (χ4n) is 2.22. The molecule has 0 radical (unpaired) electrons. The van der Waals surface area contributed by atoms with Gasteiger partial charge in [-0.2, -0.15) is 0 Å². The van der Waals surface area contributed by atoms with Gasteiger partial charge in [0.25, 0.3) is 0 Å². The molecule has 1 unspecified atom stereocenters. The van der Waals surface area contributed by atoms with Crippen LogP contribution in [0.2, 0.25) is 0 Å². The van der Waals surface area contributed by atoms with E-state index in [0.717, 1.165) is 6.42 Å². The molecular weight excluding hydrogens is 256 g/mol. The van der Waals surface area contributed by atoms with Crippen LogP contribution in [0.3, 0.4) is 0 Å². The molecular formula is C12H22O7. The van der Waals surface area contributed by atoms with Crippen molar-refractivity contribution < 1.29 is 33.5 Å². The molecule has 7 nitrogen and oxygen atoms in total. The van der Waals surface area contributed by atoms with Gasteiger partial charge in [-0.1, -0.05) is 0 Å². The third-order valence-electron chi connectivity index (χ3n) is 3.29. The van der Waals surface area contributed by atoms with Crippen molar-refractivity contribution in [1.29, 1.82) is 0 Å². The summed E-state index contributed by atoms with van der Waals surface area (Å²) in [4.78, 5) is 0. The number of hydrogen-bond donors (Lipinski definition) is 1. The SMILES string of the molecule is CO[C@@H]1CCO[C@@]2(CC[C@@H](OC)O2)COC(CO)O1. The van der Waals surface area contributed by atoms with Crippen LogP contribution in [0.1, 0.15) is 19.3 Å². The fourth-order valence-corrected chi connectivity index (χ4v) is 2.22. The normalized spacial score (nSPS) is 40.9. The Morgan fingerprint density at radius 1 is 1.21 bits per heavy atom. The van der Waals surface area contributed by atoms with E-state index in [-0.39, 0.29) is 19.5 Å². The van der Waals surface area contributed by atoms with Crippen LogP contribution in [-0.4, -0.2) is 63.8 Å². The van der Waals surface area contributed by atoms with E-state index in [1.807, 2.05) is 0 Å². The van der Waals surface area contributed by atoms with Crippen molar-refractivity contribution in [3.05, 3.63) is 0 Å². The van der Waals surface area contributed by atoms with Crippen molar-refractivity contribution in [3.8, 4) is 0 Å². The molecule has 0 aromatic carbocycles. The molecule has 2 aliphatic heterocycles. The second kappa shape index (κ2) is 6.94. The van der Waals surface area contributed by atoms with Gasteiger partial charge in [0.15, 0.2) is 24.7 Å². The van der Waals surface area contributed by atoms with Crippen LogP contribution in [-0.2, 0) is 28.4 Å². The maximum atomic E-state index is 9.23. The lowest BCUT2D eigenvalue weighted by atomic mass is 10.2. The monoisotopic (exact) mass is 278 g/mol. The van der Waals surface area contributed by atoms with E-state index in [1.165, 1.54) is 0 Å². The molecule has 2 fully saturated rings. The number of rotatable bonds is 3. The van der Waals surface area contributed by atoms with Crippen LogP contribution < -0.4 is 0 Å². The highest BCUT2D eigenvalue weighted by Gasteiger charge is 2.43.